The van der Waals surface area contributed by atoms with E-state index in [-0.39, 0.29) is 36.2 Å². The van der Waals surface area contributed by atoms with Crippen molar-refractivity contribution in [3.8, 4) is 0 Å². The summed E-state index contributed by atoms with van der Waals surface area (Å²) in [5.74, 6) is -0.493. The first-order valence-electron chi connectivity index (χ1n) is 9.48. The number of ether oxygens (including phenoxy) is 1. The zero-order valence-electron chi connectivity index (χ0n) is 16.3. The summed E-state index contributed by atoms with van der Waals surface area (Å²) in [4.78, 5) is 37.9. The Bertz CT molecular complexity index is 667. The van der Waals surface area contributed by atoms with E-state index in [1.54, 1.807) is 31.2 Å². The van der Waals surface area contributed by atoms with Gasteiger partial charge in [0.15, 0.2) is 0 Å². The number of nitrogens with zero attached hydrogens (tertiary/aromatic N) is 1. The Morgan fingerprint density at radius 1 is 1.15 bits per heavy atom. The summed E-state index contributed by atoms with van der Waals surface area (Å²) >= 11 is 0. The van der Waals surface area contributed by atoms with Gasteiger partial charge in [-0.3, -0.25) is 19.3 Å². The van der Waals surface area contributed by atoms with Gasteiger partial charge in [-0.25, -0.2) is 0 Å². The van der Waals surface area contributed by atoms with E-state index < -0.39 is 0 Å². The van der Waals surface area contributed by atoms with E-state index >= 15 is 0 Å². The minimum absolute atomic E-state index is 0.0643. The van der Waals surface area contributed by atoms with Crippen LogP contribution in [0.25, 0.3) is 0 Å². The normalized spacial score (nSPS) is 15.4. The molecule has 1 heterocycles. The molecule has 0 unspecified atom stereocenters. The van der Waals surface area contributed by atoms with Crippen molar-refractivity contribution in [3.05, 3.63) is 24.3 Å². The molecule has 1 saturated heterocycles. The number of carbonyl (C=O) groups is 3. The van der Waals surface area contributed by atoms with Gasteiger partial charge in [-0.2, -0.15) is 0 Å². The second-order valence-electron chi connectivity index (χ2n) is 7.08. The molecule has 0 aromatic heterocycles. The van der Waals surface area contributed by atoms with E-state index in [0.29, 0.717) is 43.9 Å². The van der Waals surface area contributed by atoms with Gasteiger partial charge in [0, 0.05) is 17.3 Å². The number of anilines is 2. The van der Waals surface area contributed by atoms with Crippen molar-refractivity contribution in [1.82, 2.24) is 4.90 Å². The third-order valence-electron chi connectivity index (χ3n) is 4.51. The molecule has 2 rings (SSSR count). The summed E-state index contributed by atoms with van der Waals surface area (Å²) in [7, 11) is 0. The smallest absolute Gasteiger partial charge is 0.309 e. The summed E-state index contributed by atoms with van der Waals surface area (Å²) in [5, 5.41) is 5.68. The molecule has 1 aliphatic rings. The van der Waals surface area contributed by atoms with Gasteiger partial charge in [0.05, 0.1) is 19.1 Å². The van der Waals surface area contributed by atoms with Gasteiger partial charge in [-0.1, -0.05) is 19.9 Å². The van der Waals surface area contributed by atoms with Crippen LogP contribution >= 0.6 is 0 Å². The fourth-order valence-corrected chi connectivity index (χ4v) is 2.95. The number of carbonyl (C=O) groups excluding carboxylic acids is 3. The van der Waals surface area contributed by atoms with Crippen LogP contribution in [0.2, 0.25) is 0 Å². The number of hydrogen-bond donors (Lipinski definition) is 2. The van der Waals surface area contributed by atoms with Gasteiger partial charge in [0.1, 0.15) is 0 Å². The van der Waals surface area contributed by atoms with E-state index in [1.165, 1.54) is 0 Å². The maximum Gasteiger partial charge on any atom is 0.309 e. The van der Waals surface area contributed by atoms with Crippen molar-refractivity contribution >= 4 is 29.2 Å². The monoisotopic (exact) mass is 375 g/mol. The number of amides is 2. The number of piperidine rings is 1. The van der Waals surface area contributed by atoms with Crippen LogP contribution in [0.1, 0.15) is 33.6 Å². The molecule has 0 atom stereocenters. The van der Waals surface area contributed by atoms with Crippen LogP contribution in [0.3, 0.4) is 0 Å². The second kappa shape index (κ2) is 10.1. The molecule has 1 fully saturated rings. The first-order chi connectivity index (χ1) is 12.9. The highest BCUT2D eigenvalue weighted by molar-refractivity contribution is 5.95. The molecule has 0 bridgehead atoms. The topological polar surface area (TPSA) is 87.7 Å². The summed E-state index contributed by atoms with van der Waals surface area (Å²) in [5.41, 5.74) is 1.30. The summed E-state index contributed by atoms with van der Waals surface area (Å²) in [6, 6.07) is 7.10. The summed E-state index contributed by atoms with van der Waals surface area (Å²) < 4.78 is 5.06. The van der Waals surface area contributed by atoms with Crippen LogP contribution in [-0.2, 0) is 19.1 Å². The maximum atomic E-state index is 12.3. The van der Waals surface area contributed by atoms with Crippen LogP contribution in [0.15, 0.2) is 24.3 Å². The highest BCUT2D eigenvalue weighted by Gasteiger charge is 2.26. The Labute approximate surface area is 160 Å². The molecule has 27 heavy (non-hydrogen) atoms. The average molecular weight is 375 g/mol. The van der Waals surface area contributed by atoms with E-state index in [9.17, 15) is 14.4 Å². The molecule has 0 radical (unpaired) electrons. The van der Waals surface area contributed by atoms with Gasteiger partial charge in [-0.05, 0) is 51.1 Å². The van der Waals surface area contributed by atoms with E-state index in [1.807, 2.05) is 18.7 Å². The van der Waals surface area contributed by atoms with Gasteiger partial charge < -0.3 is 15.4 Å². The second-order valence-corrected chi connectivity index (χ2v) is 7.08. The van der Waals surface area contributed by atoms with Crippen molar-refractivity contribution in [2.75, 3.05) is 36.9 Å². The number of rotatable bonds is 7. The minimum Gasteiger partial charge on any atom is -0.466 e. The quantitative estimate of drug-likeness (QED) is 0.715. The van der Waals surface area contributed by atoms with Crippen LogP contribution < -0.4 is 10.6 Å². The lowest BCUT2D eigenvalue weighted by atomic mass is 9.97. The Kier molecular flexibility index (Phi) is 7.79. The van der Waals surface area contributed by atoms with Crippen LogP contribution in [0, 0.1) is 11.8 Å². The molecule has 1 aromatic rings. The summed E-state index contributed by atoms with van der Waals surface area (Å²) in [6.45, 7) is 7.53. The number of esters is 1. The van der Waals surface area contributed by atoms with Crippen molar-refractivity contribution in [2.45, 2.75) is 33.6 Å². The minimum atomic E-state index is -0.137. The third-order valence-corrected chi connectivity index (χ3v) is 4.51. The molecule has 7 nitrogen and oxygen atoms in total. The van der Waals surface area contributed by atoms with Gasteiger partial charge in [-0.15, -0.1) is 0 Å². The predicted octanol–water partition coefficient (Wildman–Crippen LogP) is 2.49. The number of hydrogen-bond acceptors (Lipinski definition) is 5. The summed E-state index contributed by atoms with van der Waals surface area (Å²) in [6.07, 6.45) is 1.42. The van der Waals surface area contributed by atoms with Gasteiger partial charge in [0.2, 0.25) is 11.8 Å². The van der Waals surface area contributed by atoms with Crippen molar-refractivity contribution < 1.29 is 19.1 Å². The lowest BCUT2D eigenvalue weighted by molar-refractivity contribution is -0.149. The Morgan fingerprint density at radius 3 is 2.37 bits per heavy atom. The van der Waals surface area contributed by atoms with Crippen molar-refractivity contribution in [1.29, 1.82) is 0 Å². The third kappa shape index (κ3) is 6.67. The zero-order valence-corrected chi connectivity index (χ0v) is 16.3. The lowest BCUT2D eigenvalue weighted by Crippen LogP contribution is -2.41. The highest BCUT2D eigenvalue weighted by Crippen LogP contribution is 2.19. The molecule has 0 aliphatic carbocycles. The molecule has 2 N–H and O–H groups in total. The first kappa shape index (κ1) is 20.9. The standard InChI is InChI=1S/C20H29N3O4/c1-4-27-20(26)15-8-10-23(11-9-15)13-18(24)21-16-6-5-7-17(12-16)22-19(25)14(2)3/h5-7,12,14-15H,4,8-11,13H2,1-3H3,(H,21,24)(H,22,25). The fraction of sp³-hybridized carbons (Fsp3) is 0.550. The number of benzene rings is 1. The Balaban J connectivity index is 1.81. The number of nitrogens with one attached hydrogen (secondary N) is 2. The van der Waals surface area contributed by atoms with Crippen LogP contribution in [0.4, 0.5) is 11.4 Å². The molecule has 7 heteroatoms. The molecule has 148 valence electrons. The zero-order chi connectivity index (χ0) is 19.8. The molecule has 2 amide bonds. The van der Waals surface area contributed by atoms with Crippen LogP contribution in [0.5, 0.6) is 0 Å². The van der Waals surface area contributed by atoms with E-state index in [4.69, 9.17) is 4.74 Å². The fourth-order valence-electron chi connectivity index (χ4n) is 2.95. The van der Waals surface area contributed by atoms with Gasteiger partial charge in [0.25, 0.3) is 0 Å². The molecule has 1 aromatic carbocycles. The average Bonchev–Trinajstić information content (AvgIpc) is 2.62. The first-order valence-corrected chi connectivity index (χ1v) is 9.48. The molecule has 1 aliphatic heterocycles. The Hall–Kier alpha value is -2.41. The molecule has 0 spiro atoms. The SMILES string of the molecule is CCOC(=O)C1CCN(CC(=O)Nc2cccc(NC(=O)C(C)C)c2)CC1. The predicted molar refractivity (Wildman–Crippen MR) is 104 cm³/mol. The maximum absolute atomic E-state index is 12.3. The molecular weight excluding hydrogens is 346 g/mol. The van der Waals surface area contributed by atoms with Crippen LogP contribution in [-0.4, -0.2) is 48.9 Å². The number of likely N-dealkylation sites (tertiary alicyclic amines) is 1. The van der Waals surface area contributed by atoms with E-state index in [0.717, 1.165) is 0 Å². The molecular formula is C20H29N3O4. The van der Waals surface area contributed by atoms with E-state index in [2.05, 4.69) is 10.6 Å². The molecule has 0 saturated carbocycles. The largest absolute Gasteiger partial charge is 0.466 e. The Morgan fingerprint density at radius 2 is 1.78 bits per heavy atom. The lowest BCUT2D eigenvalue weighted by Gasteiger charge is -2.30. The van der Waals surface area contributed by atoms with Gasteiger partial charge >= 0.3 is 5.97 Å². The highest BCUT2D eigenvalue weighted by atomic mass is 16.5. The van der Waals surface area contributed by atoms with Crippen molar-refractivity contribution in [3.63, 3.8) is 0 Å². The van der Waals surface area contributed by atoms with Crippen molar-refractivity contribution in [2.24, 2.45) is 11.8 Å².